The molecule has 404 valence electrons. The van der Waals surface area contributed by atoms with Crippen molar-refractivity contribution >= 4 is 46.3 Å². The molecule has 0 radical (unpaired) electrons. The molecule has 0 bridgehead atoms. The van der Waals surface area contributed by atoms with E-state index >= 15 is 0 Å². The van der Waals surface area contributed by atoms with E-state index in [9.17, 15) is 14.7 Å². The predicted molar refractivity (Wildman–Crippen MR) is 289 cm³/mol. The monoisotopic (exact) mass is 1050 g/mol. The number of phenolic OH excluding ortho intramolecular Hbond substituents is 1. The van der Waals surface area contributed by atoms with Gasteiger partial charge in [-0.2, -0.15) is 39.2 Å². The Hall–Kier alpha value is -6.51. The largest absolute Gasteiger partial charge is 0.508 e. The van der Waals surface area contributed by atoms with Crippen LogP contribution in [0.15, 0.2) is 60.9 Å². The highest BCUT2D eigenvalue weighted by Gasteiger charge is 2.25. The zero-order valence-electron chi connectivity index (χ0n) is 44.5. The number of ether oxygens (including phenoxy) is 3. The van der Waals surface area contributed by atoms with Crippen molar-refractivity contribution in [3.05, 3.63) is 83.2 Å². The Kier molecular flexibility index (Phi) is 19.2. The summed E-state index contributed by atoms with van der Waals surface area (Å²) >= 11 is 5.24. The zero-order valence-corrected chi connectivity index (χ0v) is 45.2. The molecular weight excluding hydrogens is 976 g/mol. The molecular formula is C54H75ClN14O6. The van der Waals surface area contributed by atoms with Gasteiger partial charge in [-0.05, 0) is 137 Å². The number of likely N-dealkylation sites (tertiary alicyclic amines) is 4. The molecule has 0 unspecified atom stereocenters. The number of hydrogen-bond acceptors (Lipinski definition) is 16. The van der Waals surface area contributed by atoms with Gasteiger partial charge in [0, 0.05) is 76.6 Å². The van der Waals surface area contributed by atoms with Gasteiger partial charge in [0.1, 0.15) is 23.7 Å². The number of benzene rings is 2. The van der Waals surface area contributed by atoms with Crippen LogP contribution < -0.4 is 24.8 Å². The molecule has 2 aromatic carbocycles. The minimum absolute atomic E-state index is 0.100. The van der Waals surface area contributed by atoms with Gasteiger partial charge in [-0.25, -0.2) is 4.79 Å². The van der Waals surface area contributed by atoms with Gasteiger partial charge in [-0.3, -0.25) is 4.79 Å². The smallest absolute Gasteiger partial charge is 0.415 e. The van der Waals surface area contributed by atoms with E-state index in [1.54, 1.807) is 31.0 Å². The zero-order chi connectivity index (χ0) is 52.8. The van der Waals surface area contributed by atoms with Crippen molar-refractivity contribution in [3.8, 4) is 23.5 Å². The Balaban J connectivity index is 0.000000174. The van der Waals surface area contributed by atoms with Gasteiger partial charge in [0.2, 0.25) is 11.9 Å². The van der Waals surface area contributed by atoms with Gasteiger partial charge in [0.25, 0.3) is 0 Å². The standard InChI is InChI=1S/C27H37N7O3.C21H28N6O2.C6H10ClNO/c1-19(2)23-18-29-34-24(23)30-26(36-21-10-14-32(3)15-11-21)31-25(34)28-17-20-8-7-9-22(16-20)37-27(35)33-12-5-4-6-13-33;1-14(2)18-13-23-27-19(18)24-21(29-17-7-9-26(3)10-8-17)25-20(27)22-12-15-5-4-6-16(28)11-15;7-6(9)8-4-2-1-3-5-8/h7-9,16,18-19,21H,4-6,10-15,17H2,1-3H3,(H,28,30,31);4-6,11,13-14,17,28H,7-10,12H2,1-3H3,(H,22,24,25);1-5H2. The lowest BCUT2D eigenvalue weighted by atomic mass is 10.1. The topological polar surface area (TPSA) is 205 Å². The summed E-state index contributed by atoms with van der Waals surface area (Å²) in [6.45, 7) is 16.7. The maximum absolute atomic E-state index is 12.5. The Morgan fingerprint density at radius 3 is 1.52 bits per heavy atom. The molecule has 0 aliphatic carbocycles. The van der Waals surface area contributed by atoms with Crippen molar-refractivity contribution in [2.24, 2.45) is 0 Å². The average Bonchev–Trinajstić information content (AvgIpc) is 4.05. The van der Waals surface area contributed by atoms with Crippen LogP contribution in [-0.4, -0.2) is 154 Å². The molecule has 4 aliphatic heterocycles. The molecule has 3 N–H and O–H groups in total. The van der Waals surface area contributed by atoms with Crippen LogP contribution in [0.5, 0.6) is 23.5 Å². The molecule has 4 aliphatic rings. The number of carbonyl (C=O) groups excluding carboxylic acids is 2. The average molecular weight is 1050 g/mol. The van der Waals surface area contributed by atoms with Gasteiger partial charge >= 0.3 is 23.5 Å². The van der Waals surface area contributed by atoms with E-state index in [1.807, 2.05) is 48.8 Å². The number of phenols is 1. The molecule has 10 rings (SSSR count). The van der Waals surface area contributed by atoms with E-state index in [-0.39, 0.29) is 41.3 Å². The summed E-state index contributed by atoms with van der Waals surface area (Å²) in [7, 11) is 4.26. The van der Waals surface area contributed by atoms with Crippen molar-refractivity contribution in [3.63, 3.8) is 0 Å². The fraction of sp³-hybridized carbons (Fsp3) is 0.556. The van der Waals surface area contributed by atoms with Crippen molar-refractivity contribution < 1.29 is 28.9 Å². The molecule has 4 fully saturated rings. The van der Waals surface area contributed by atoms with Crippen LogP contribution in [-0.2, 0) is 13.1 Å². The van der Waals surface area contributed by atoms with Gasteiger partial charge < -0.3 is 49.6 Å². The van der Waals surface area contributed by atoms with Crippen LogP contribution >= 0.6 is 11.6 Å². The van der Waals surface area contributed by atoms with E-state index in [4.69, 9.17) is 30.8 Å². The first-order valence-corrected chi connectivity index (χ1v) is 27.1. The van der Waals surface area contributed by atoms with Crippen LogP contribution in [0.4, 0.5) is 21.5 Å². The number of hydrogen-bond donors (Lipinski definition) is 3. The molecule has 21 heteroatoms. The van der Waals surface area contributed by atoms with Crippen LogP contribution in [0.3, 0.4) is 0 Å². The Bertz CT molecular complexity index is 2800. The number of nitrogens with zero attached hydrogens (tertiary/aromatic N) is 12. The molecule has 2 amide bonds. The molecule has 4 saturated heterocycles. The van der Waals surface area contributed by atoms with Gasteiger partial charge in [-0.1, -0.05) is 52.0 Å². The van der Waals surface area contributed by atoms with Crippen LogP contribution in [0.1, 0.15) is 126 Å². The SMILES string of the molecule is CC(C)c1cnn2c(NCc3cccc(O)c3)nc(OC3CCN(C)CC3)nc12.CC(C)c1cnn2c(NCc3cccc(OC(=O)N4CCCCC4)c3)nc(OC3CCN(C)CC3)nc12.O=C(Cl)N1CCCCC1. The Morgan fingerprint density at radius 1 is 0.627 bits per heavy atom. The first-order chi connectivity index (χ1) is 36.3. The third-order valence-electron chi connectivity index (χ3n) is 14.0. The summed E-state index contributed by atoms with van der Waals surface area (Å²) in [5.74, 6) is 2.48. The lowest BCUT2D eigenvalue weighted by Gasteiger charge is -2.28. The third kappa shape index (κ3) is 15.3. The minimum atomic E-state index is -0.297. The van der Waals surface area contributed by atoms with E-state index in [1.165, 1.54) is 12.8 Å². The number of amides is 2. The molecule has 6 aromatic rings. The third-order valence-corrected chi connectivity index (χ3v) is 14.2. The maximum Gasteiger partial charge on any atom is 0.415 e. The summed E-state index contributed by atoms with van der Waals surface area (Å²) in [4.78, 5) is 49.8. The summed E-state index contributed by atoms with van der Waals surface area (Å²) in [6.07, 6.45) is 14.1. The van der Waals surface area contributed by atoms with E-state index in [0.717, 1.165) is 137 Å². The van der Waals surface area contributed by atoms with Crippen molar-refractivity contribution in [1.82, 2.24) is 58.8 Å². The van der Waals surface area contributed by atoms with Crippen molar-refractivity contribution in [2.45, 2.75) is 129 Å². The van der Waals surface area contributed by atoms with Gasteiger partial charge in [0.05, 0.1) is 12.4 Å². The van der Waals surface area contributed by atoms with Crippen LogP contribution in [0.25, 0.3) is 11.3 Å². The first kappa shape index (κ1) is 54.7. The lowest BCUT2D eigenvalue weighted by Crippen LogP contribution is -2.37. The molecule has 75 heavy (non-hydrogen) atoms. The summed E-state index contributed by atoms with van der Waals surface area (Å²) in [6, 6.07) is 15.5. The van der Waals surface area contributed by atoms with Crippen molar-refractivity contribution in [1.29, 1.82) is 0 Å². The molecule has 8 heterocycles. The highest BCUT2D eigenvalue weighted by molar-refractivity contribution is 6.62. The number of aromatic nitrogens is 8. The summed E-state index contributed by atoms with van der Waals surface area (Å²) in [5.41, 5.74) is 5.53. The van der Waals surface area contributed by atoms with Gasteiger partial charge in [0.15, 0.2) is 11.3 Å². The van der Waals surface area contributed by atoms with Crippen molar-refractivity contribution in [2.75, 3.05) is 77.1 Å². The lowest BCUT2D eigenvalue weighted by molar-refractivity contribution is 0.105. The first-order valence-electron chi connectivity index (χ1n) is 26.7. The second kappa shape index (κ2) is 26.3. The summed E-state index contributed by atoms with van der Waals surface area (Å²) < 4.78 is 21.5. The minimum Gasteiger partial charge on any atom is -0.508 e. The molecule has 20 nitrogen and oxygen atoms in total. The molecule has 0 saturated carbocycles. The fourth-order valence-electron chi connectivity index (χ4n) is 9.46. The number of nitrogens with one attached hydrogen (secondary N) is 2. The number of aromatic hydroxyl groups is 1. The molecule has 4 aromatic heterocycles. The van der Waals surface area contributed by atoms with Crippen LogP contribution in [0, 0.1) is 0 Å². The van der Waals surface area contributed by atoms with E-state index in [0.29, 0.717) is 42.8 Å². The predicted octanol–water partition coefficient (Wildman–Crippen LogP) is 9.19. The van der Waals surface area contributed by atoms with E-state index in [2.05, 4.69) is 87.4 Å². The Labute approximate surface area is 445 Å². The number of anilines is 2. The number of halogens is 1. The molecule has 0 spiro atoms. The van der Waals surface area contributed by atoms with E-state index < -0.39 is 0 Å². The molecule has 0 atom stereocenters. The number of fused-ring (bicyclic) bond motifs is 2. The maximum atomic E-state index is 12.5. The Morgan fingerprint density at radius 2 is 1.08 bits per heavy atom. The second-order valence-electron chi connectivity index (χ2n) is 20.6. The summed E-state index contributed by atoms with van der Waals surface area (Å²) in [5, 5.41) is 25.1. The normalized spacial score (nSPS) is 17.1. The second-order valence-corrected chi connectivity index (χ2v) is 20.9. The van der Waals surface area contributed by atoms with Crippen LogP contribution in [0.2, 0.25) is 0 Å². The highest BCUT2D eigenvalue weighted by atomic mass is 35.5. The highest BCUT2D eigenvalue weighted by Crippen LogP contribution is 2.27. The quantitative estimate of drug-likeness (QED) is 0.0728. The number of piperidine rings is 4. The fourth-order valence-corrected chi connectivity index (χ4v) is 9.63. The van der Waals surface area contributed by atoms with Gasteiger partial charge in [-0.15, -0.1) is 0 Å². The number of carbonyl (C=O) groups is 2. The number of rotatable bonds is 13.